The van der Waals surface area contributed by atoms with E-state index in [0.29, 0.717) is 17.4 Å². The van der Waals surface area contributed by atoms with Gasteiger partial charge in [-0.25, -0.2) is 0 Å². The first-order chi connectivity index (χ1) is 6.79. The Morgan fingerprint density at radius 1 is 1.43 bits per heavy atom. The fourth-order valence-electron chi connectivity index (χ4n) is 1.07. The van der Waals surface area contributed by atoms with Gasteiger partial charge in [-0.3, -0.25) is 9.59 Å². The second kappa shape index (κ2) is 5.14. The summed E-state index contributed by atoms with van der Waals surface area (Å²) in [4.78, 5) is 22.0. The van der Waals surface area contributed by atoms with E-state index in [1.165, 1.54) is 0 Å². The van der Waals surface area contributed by atoms with Gasteiger partial charge in [-0.15, -0.1) is 0 Å². The van der Waals surface area contributed by atoms with E-state index in [4.69, 9.17) is 5.11 Å². The minimum atomic E-state index is -0.346. The summed E-state index contributed by atoms with van der Waals surface area (Å²) in [5.74, 6) is -0.346. The van der Waals surface area contributed by atoms with Crippen LogP contribution in [0.15, 0.2) is 24.3 Å². The molecular weight excluding hydrogens is 182 g/mol. The Kier molecular flexibility index (Phi) is 3.82. The molecule has 0 fully saturated rings. The molecule has 0 spiro atoms. The second-order valence-corrected chi connectivity index (χ2v) is 2.68. The van der Waals surface area contributed by atoms with Crippen LogP contribution in [0.5, 0.6) is 0 Å². The van der Waals surface area contributed by atoms with Crippen molar-refractivity contribution in [1.82, 2.24) is 5.32 Å². The molecule has 0 aliphatic heterocycles. The summed E-state index contributed by atoms with van der Waals surface area (Å²) < 4.78 is 0. The maximum atomic E-state index is 11.4. The van der Waals surface area contributed by atoms with E-state index in [9.17, 15) is 9.59 Å². The molecular formula is C10H11NO3. The first-order valence-corrected chi connectivity index (χ1v) is 4.23. The summed E-state index contributed by atoms with van der Waals surface area (Å²) in [5.41, 5.74) is 0.680. The third kappa shape index (κ3) is 2.40. The Morgan fingerprint density at radius 2 is 2.14 bits per heavy atom. The molecule has 2 N–H and O–H groups in total. The van der Waals surface area contributed by atoms with Gasteiger partial charge in [0.15, 0.2) is 6.29 Å². The Balaban J connectivity index is 2.83. The number of aliphatic hydroxyl groups is 1. The molecule has 0 aromatic heterocycles. The third-order valence-electron chi connectivity index (χ3n) is 1.73. The monoisotopic (exact) mass is 193 g/mol. The van der Waals surface area contributed by atoms with Crippen molar-refractivity contribution in [3.05, 3.63) is 35.4 Å². The van der Waals surface area contributed by atoms with Gasteiger partial charge >= 0.3 is 0 Å². The second-order valence-electron chi connectivity index (χ2n) is 2.68. The fraction of sp³-hybridized carbons (Fsp3) is 0.200. The summed E-state index contributed by atoms with van der Waals surface area (Å²) in [5, 5.41) is 11.0. The number of carbonyl (C=O) groups excluding carboxylic acids is 2. The Bertz CT molecular complexity index is 336. The van der Waals surface area contributed by atoms with Crippen molar-refractivity contribution in [3.8, 4) is 0 Å². The van der Waals surface area contributed by atoms with Gasteiger partial charge in [-0.2, -0.15) is 0 Å². The van der Waals surface area contributed by atoms with Gasteiger partial charge in [-0.1, -0.05) is 18.2 Å². The van der Waals surface area contributed by atoms with Crippen LogP contribution < -0.4 is 5.32 Å². The Hall–Kier alpha value is -1.68. The Labute approximate surface area is 81.6 Å². The highest BCUT2D eigenvalue weighted by Gasteiger charge is 2.08. The highest BCUT2D eigenvalue weighted by molar-refractivity contribution is 6.01. The smallest absolute Gasteiger partial charge is 0.252 e. The number of aldehydes is 1. The van der Waals surface area contributed by atoms with E-state index in [0.717, 1.165) is 0 Å². The number of amides is 1. The van der Waals surface area contributed by atoms with E-state index in [-0.39, 0.29) is 19.1 Å². The lowest BCUT2D eigenvalue weighted by atomic mass is 10.1. The standard InChI is InChI=1S/C10H11NO3/c12-6-5-11-10(14)9-4-2-1-3-8(9)7-13/h1-4,7,12H,5-6H2,(H,11,14). The largest absolute Gasteiger partial charge is 0.395 e. The Morgan fingerprint density at radius 3 is 2.79 bits per heavy atom. The van der Waals surface area contributed by atoms with Crippen LogP contribution >= 0.6 is 0 Å². The van der Waals surface area contributed by atoms with Crippen molar-refractivity contribution < 1.29 is 14.7 Å². The predicted octanol–water partition coefficient (Wildman–Crippen LogP) is 0.221. The molecule has 0 aliphatic carbocycles. The van der Waals surface area contributed by atoms with Crippen molar-refractivity contribution in [3.63, 3.8) is 0 Å². The van der Waals surface area contributed by atoms with Crippen LogP contribution in [0.2, 0.25) is 0 Å². The van der Waals surface area contributed by atoms with Gasteiger partial charge in [0.05, 0.1) is 6.61 Å². The van der Waals surface area contributed by atoms with E-state index >= 15 is 0 Å². The highest BCUT2D eigenvalue weighted by Crippen LogP contribution is 2.05. The maximum absolute atomic E-state index is 11.4. The molecule has 0 heterocycles. The van der Waals surface area contributed by atoms with Crippen LogP contribution in [-0.4, -0.2) is 30.5 Å². The summed E-state index contributed by atoms with van der Waals surface area (Å²) >= 11 is 0. The molecule has 4 heteroatoms. The average Bonchev–Trinajstić information content (AvgIpc) is 2.25. The average molecular weight is 193 g/mol. The summed E-state index contributed by atoms with van der Waals surface area (Å²) in [6, 6.07) is 6.50. The zero-order chi connectivity index (χ0) is 10.4. The molecule has 74 valence electrons. The molecule has 14 heavy (non-hydrogen) atoms. The molecule has 0 saturated carbocycles. The van der Waals surface area contributed by atoms with Gasteiger partial charge in [0, 0.05) is 17.7 Å². The number of hydrogen-bond acceptors (Lipinski definition) is 3. The van der Waals surface area contributed by atoms with E-state index in [1.54, 1.807) is 24.3 Å². The van der Waals surface area contributed by atoms with Gasteiger partial charge in [0.1, 0.15) is 0 Å². The van der Waals surface area contributed by atoms with Crippen molar-refractivity contribution in [2.24, 2.45) is 0 Å². The lowest BCUT2D eigenvalue weighted by Crippen LogP contribution is -2.27. The lowest BCUT2D eigenvalue weighted by Gasteiger charge is -2.04. The first-order valence-electron chi connectivity index (χ1n) is 4.23. The van der Waals surface area contributed by atoms with Gasteiger partial charge in [-0.05, 0) is 6.07 Å². The summed E-state index contributed by atoms with van der Waals surface area (Å²) in [7, 11) is 0. The molecule has 4 nitrogen and oxygen atoms in total. The van der Waals surface area contributed by atoms with Crippen LogP contribution in [0.4, 0.5) is 0 Å². The molecule has 1 amide bonds. The molecule has 1 aromatic rings. The minimum Gasteiger partial charge on any atom is -0.395 e. The number of hydrogen-bond donors (Lipinski definition) is 2. The predicted molar refractivity (Wildman–Crippen MR) is 51.2 cm³/mol. The first kappa shape index (κ1) is 10.4. The van der Waals surface area contributed by atoms with E-state index in [1.807, 2.05) is 0 Å². The number of carbonyl (C=O) groups is 2. The SMILES string of the molecule is O=Cc1ccccc1C(=O)NCCO. The van der Waals surface area contributed by atoms with Crippen molar-refractivity contribution >= 4 is 12.2 Å². The van der Waals surface area contributed by atoms with Crippen molar-refractivity contribution in [2.75, 3.05) is 13.2 Å². The molecule has 0 bridgehead atoms. The van der Waals surface area contributed by atoms with Crippen LogP contribution in [0.1, 0.15) is 20.7 Å². The maximum Gasteiger partial charge on any atom is 0.252 e. The number of aliphatic hydroxyl groups excluding tert-OH is 1. The van der Waals surface area contributed by atoms with E-state index in [2.05, 4.69) is 5.32 Å². The summed E-state index contributed by atoms with van der Waals surface area (Å²) in [6.45, 7) is 0.0705. The summed E-state index contributed by atoms with van der Waals surface area (Å²) in [6.07, 6.45) is 0.633. The normalized spacial score (nSPS) is 9.50. The van der Waals surface area contributed by atoms with Crippen molar-refractivity contribution in [1.29, 1.82) is 0 Å². The van der Waals surface area contributed by atoms with Crippen molar-refractivity contribution in [2.45, 2.75) is 0 Å². The number of nitrogens with one attached hydrogen (secondary N) is 1. The van der Waals surface area contributed by atoms with Gasteiger partial charge in [0.2, 0.25) is 0 Å². The van der Waals surface area contributed by atoms with Gasteiger partial charge < -0.3 is 10.4 Å². The molecule has 0 saturated heterocycles. The zero-order valence-electron chi connectivity index (χ0n) is 7.56. The zero-order valence-corrected chi connectivity index (χ0v) is 7.56. The lowest BCUT2D eigenvalue weighted by molar-refractivity contribution is 0.0939. The molecule has 0 radical (unpaired) electrons. The van der Waals surface area contributed by atoms with Crippen LogP contribution in [0.25, 0.3) is 0 Å². The quantitative estimate of drug-likeness (QED) is 0.672. The number of benzene rings is 1. The van der Waals surface area contributed by atoms with Crippen LogP contribution in [-0.2, 0) is 0 Å². The number of rotatable bonds is 4. The molecule has 0 unspecified atom stereocenters. The van der Waals surface area contributed by atoms with E-state index < -0.39 is 0 Å². The minimum absolute atomic E-state index is 0.116. The third-order valence-corrected chi connectivity index (χ3v) is 1.73. The molecule has 1 rings (SSSR count). The molecule has 0 aliphatic rings. The topological polar surface area (TPSA) is 66.4 Å². The molecule has 1 aromatic carbocycles. The highest BCUT2D eigenvalue weighted by atomic mass is 16.3. The van der Waals surface area contributed by atoms with Crippen LogP contribution in [0, 0.1) is 0 Å². The fourth-order valence-corrected chi connectivity index (χ4v) is 1.07. The van der Waals surface area contributed by atoms with Gasteiger partial charge in [0.25, 0.3) is 5.91 Å². The molecule has 0 atom stereocenters. The van der Waals surface area contributed by atoms with Crippen LogP contribution in [0.3, 0.4) is 0 Å².